The summed E-state index contributed by atoms with van der Waals surface area (Å²) in [6.45, 7) is 0. The third-order valence-corrected chi connectivity index (χ3v) is 2.98. The zero-order valence-electron chi connectivity index (χ0n) is 11.6. The lowest BCUT2D eigenvalue weighted by Gasteiger charge is -2.08. The molecule has 0 amide bonds. The average molecular weight is 294 g/mol. The summed E-state index contributed by atoms with van der Waals surface area (Å²) in [4.78, 5) is 11.4. The van der Waals surface area contributed by atoms with Crippen molar-refractivity contribution >= 4 is 17.6 Å². The summed E-state index contributed by atoms with van der Waals surface area (Å²) in [6.07, 6.45) is 0. The molecule has 7 heteroatoms. The number of rotatable bonds is 3. The minimum absolute atomic E-state index is 0.0104. The van der Waals surface area contributed by atoms with E-state index in [4.69, 9.17) is 21.9 Å². The maximum Gasteiger partial charge on any atom is 0.328 e. The van der Waals surface area contributed by atoms with Crippen molar-refractivity contribution in [3.63, 3.8) is 0 Å². The van der Waals surface area contributed by atoms with Crippen LogP contribution in [-0.2, 0) is 0 Å². The lowest BCUT2D eigenvalue weighted by molar-refractivity contribution is 0.442. The molecular formula is C15H14N6O. The van der Waals surface area contributed by atoms with Crippen LogP contribution >= 0.6 is 0 Å². The highest BCUT2D eigenvalue weighted by atomic mass is 16.5. The minimum Gasteiger partial charge on any atom is -0.424 e. The summed E-state index contributed by atoms with van der Waals surface area (Å²) in [5, 5.41) is 0. The molecule has 0 aliphatic heterocycles. The fraction of sp³-hybridized carbons (Fsp3) is 0. The Labute approximate surface area is 126 Å². The van der Waals surface area contributed by atoms with Crippen LogP contribution in [0.1, 0.15) is 0 Å². The van der Waals surface area contributed by atoms with Gasteiger partial charge in [0.05, 0.1) is 0 Å². The van der Waals surface area contributed by atoms with Crippen molar-refractivity contribution in [2.75, 3.05) is 17.2 Å². The first-order chi connectivity index (χ1) is 10.6. The maximum absolute atomic E-state index is 5.96. The van der Waals surface area contributed by atoms with Gasteiger partial charge in [-0.25, -0.2) is 0 Å². The highest BCUT2D eigenvalue weighted by molar-refractivity contribution is 5.76. The van der Waals surface area contributed by atoms with Crippen LogP contribution in [0.3, 0.4) is 0 Å². The molecule has 0 atom stereocenters. The van der Waals surface area contributed by atoms with Gasteiger partial charge in [-0.05, 0) is 23.8 Å². The molecule has 0 fully saturated rings. The molecule has 22 heavy (non-hydrogen) atoms. The first-order valence-corrected chi connectivity index (χ1v) is 6.51. The van der Waals surface area contributed by atoms with Crippen LogP contribution in [0, 0.1) is 0 Å². The summed E-state index contributed by atoms with van der Waals surface area (Å²) in [6, 6.07) is 15.1. The van der Waals surface area contributed by atoms with Gasteiger partial charge in [-0.2, -0.15) is 15.0 Å². The molecule has 0 saturated carbocycles. The van der Waals surface area contributed by atoms with Crippen molar-refractivity contribution in [2.24, 2.45) is 0 Å². The zero-order chi connectivity index (χ0) is 15.5. The van der Waals surface area contributed by atoms with E-state index in [1.54, 1.807) is 12.1 Å². The van der Waals surface area contributed by atoms with Crippen molar-refractivity contribution in [3.8, 4) is 22.9 Å². The van der Waals surface area contributed by atoms with E-state index in [9.17, 15) is 0 Å². The van der Waals surface area contributed by atoms with Gasteiger partial charge in [-0.15, -0.1) is 0 Å². The summed E-state index contributed by atoms with van der Waals surface area (Å²) in [5.74, 6) is 0.579. The normalized spacial score (nSPS) is 10.4. The third kappa shape index (κ3) is 2.88. The first-order valence-electron chi connectivity index (χ1n) is 6.51. The fourth-order valence-corrected chi connectivity index (χ4v) is 2.00. The Morgan fingerprint density at radius 1 is 0.727 bits per heavy atom. The smallest absolute Gasteiger partial charge is 0.328 e. The maximum atomic E-state index is 5.96. The standard InChI is InChI=1S/C15H14N6O/c16-12-4-2-1-3-11(12)9-5-7-10(8-6-9)22-15-20-13(17)19-14(18)21-15/h1-8H,16H2,(H4,17,18,19,20,21). The number of nitrogens with zero attached hydrogens (tertiary/aromatic N) is 3. The predicted octanol–water partition coefficient (Wildman–Crippen LogP) is 2.08. The number of aromatic nitrogens is 3. The summed E-state index contributed by atoms with van der Waals surface area (Å²) in [7, 11) is 0. The quantitative estimate of drug-likeness (QED) is 0.631. The zero-order valence-corrected chi connectivity index (χ0v) is 11.6. The highest BCUT2D eigenvalue weighted by Crippen LogP contribution is 2.28. The topological polar surface area (TPSA) is 126 Å². The summed E-state index contributed by atoms with van der Waals surface area (Å²) in [5.41, 5.74) is 19.6. The molecule has 2 aromatic carbocycles. The Hall–Kier alpha value is -3.35. The summed E-state index contributed by atoms with van der Waals surface area (Å²) >= 11 is 0. The molecule has 1 aromatic heterocycles. The molecular weight excluding hydrogens is 280 g/mol. The Morgan fingerprint density at radius 2 is 1.36 bits per heavy atom. The van der Waals surface area contributed by atoms with E-state index >= 15 is 0 Å². The molecule has 0 radical (unpaired) electrons. The molecule has 0 aliphatic rings. The lowest BCUT2D eigenvalue weighted by atomic mass is 10.0. The monoisotopic (exact) mass is 294 g/mol. The molecule has 110 valence electrons. The Kier molecular flexibility index (Phi) is 3.45. The van der Waals surface area contributed by atoms with E-state index in [2.05, 4.69) is 15.0 Å². The molecule has 6 N–H and O–H groups in total. The molecule has 0 aliphatic carbocycles. The highest BCUT2D eigenvalue weighted by Gasteiger charge is 2.06. The van der Waals surface area contributed by atoms with Crippen LogP contribution in [-0.4, -0.2) is 15.0 Å². The second-order valence-electron chi connectivity index (χ2n) is 4.55. The SMILES string of the molecule is Nc1nc(N)nc(Oc2ccc(-c3ccccc3N)cc2)n1. The molecule has 1 heterocycles. The van der Waals surface area contributed by atoms with Crippen molar-refractivity contribution in [1.29, 1.82) is 0 Å². The number of nitrogen functional groups attached to an aromatic ring is 3. The number of hydrogen-bond donors (Lipinski definition) is 3. The number of benzene rings is 2. The van der Waals surface area contributed by atoms with Crippen molar-refractivity contribution in [2.45, 2.75) is 0 Å². The van der Waals surface area contributed by atoms with E-state index < -0.39 is 0 Å². The van der Waals surface area contributed by atoms with Gasteiger partial charge >= 0.3 is 6.01 Å². The largest absolute Gasteiger partial charge is 0.424 e. The van der Waals surface area contributed by atoms with Gasteiger partial charge < -0.3 is 21.9 Å². The summed E-state index contributed by atoms with van der Waals surface area (Å²) < 4.78 is 5.51. The molecule has 0 unspecified atom stereocenters. The predicted molar refractivity (Wildman–Crippen MR) is 85.0 cm³/mol. The Bertz CT molecular complexity index is 783. The molecule has 3 aromatic rings. The van der Waals surface area contributed by atoms with Gasteiger partial charge in [0.2, 0.25) is 11.9 Å². The van der Waals surface area contributed by atoms with Crippen molar-refractivity contribution < 1.29 is 4.74 Å². The number of para-hydroxylation sites is 1. The van der Waals surface area contributed by atoms with Crippen LogP contribution in [0.15, 0.2) is 48.5 Å². The van der Waals surface area contributed by atoms with E-state index in [-0.39, 0.29) is 17.9 Å². The van der Waals surface area contributed by atoms with Crippen molar-refractivity contribution in [3.05, 3.63) is 48.5 Å². The average Bonchev–Trinajstić information content (AvgIpc) is 2.48. The van der Waals surface area contributed by atoms with Crippen LogP contribution in [0.2, 0.25) is 0 Å². The van der Waals surface area contributed by atoms with Crippen LogP contribution < -0.4 is 21.9 Å². The van der Waals surface area contributed by atoms with Gasteiger partial charge in [0, 0.05) is 11.3 Å². The van der Waals surface area contributed by atoms with Crippen LogP contribution in [0.4, 0.5) is 17.6 Å². The van der Waals surface area contributed by atoms with E-state index in [1.807, 2.05) is 36.4 Å². The number of anilines is 3. The number of ether oxygens (including phenoxy) is 1. The fourth-order valence-electron chi connectivity index (χ4n) is 2.00. The first kappa shape index (κ1) is 13.6. The number of nitrogens with two attached hydrogens (primary N) is 3. The van der Waals surface area contributed by atoms with Gasteiger partial charge in [0.15, 0.2) is 0 Å². The molecule has 0 bridgehead atoms. The lowest BCUT2D eigenvalue weighted by Crippen LogP contribution is -2.04. The van der Waals surface area contributed by atoms with E-state index in [0.717, 1.165) is 11.1 Å². The third-order valence-electron chi connectivity index (χ3n) is 2.98. The van der Waals surface area contributed by atoms with Gasteiger partial charge in [-0.1, -0.05) is 30.3 Å². The van der Waals surface area contributed by atoms with Crippen LogP contribution in [0.25, 0.3) is 11.1 Å². The van der Waals surface area contributed by atoms with Gasteiger partial charge in [0.1, 0.15) is 5.75 Å². The second kappa shape index (κ2) is 5.57. The Morgan fingerprint density at radius 3 is 2.00 bits per heavy atom. The van der Waals surface area contributed by atoms with E-state index in [1.165, 1.54) is 0 Å². The number of hydrogen-bond acceptors (Lipinski definition) is 7. The molecule has 0 saturated heterocycles. The van der Waals surface area contributed by atoms with Crippen molar-refractivity contribution in [1.82, 2.24) is 15.0 Å². The Balaban J connectivity index is 1.84. The van der Waals surface area contributed by atoms with Gasteiger partial charge in [0.25, 0.3) is 0 Å². The van der Waals surface area contributed by atoms with Crippen LogP contribution in [0.5, 0.6) is 11.8 Å². The second-order valence-corrected chi connectivity index (χ2v) is 4.55. The molecule has 3 rings (SSSR count). The molecule has 7 nitrogen and oxygen atoms in total. The van der Waals surface area contributed by atoms with Gasteiger partial charge in [-0.3, -0.25) is 0 Å². The van der Waals surface area contributed by atoms with E-state index in [0.29, 0.717) is 11.4 Å². The minimum atomic E-state index is 0.0104. The molecule has 0 spiro atoms.